The first-order valence-corrected chi connectivity index (χ1v) is 13.8. The van der Waals surface area contributed by atoms with Gasteiger partial charge in [-0.3, -0.25) is 9.69 Å². The predicted octanol–water partition coefficient (Wildman–Crippen LogP) is 8.09. The Morgan fingerprint density at radius 3 is 2.00 bits per heavy atom. The molecule has 1 amide bonds. The maximum Gasteiger partial charge on any atom is 0.223 e. The van der Waals surface area contributed by atoms with Crippen LogP contribution in [0.25, 0.3) is 0 Å². The molecule has 196 valence electrons. The third kappa shape index (κ3) is 7.05. The number of piperazine rings is 1. The summed E-state index contributed by atoms with van der Waals surface area (Å²) < 4.78 is 0. The molecule has 3 aromatic rings. The molecule has 1 fully saturated rings. The Morgan fingerprint density at radius 2 is 1.45 bits per heavy atom. The second kappa shape index (κ2) is 13.6. The zero-order chi connectivity index (χ0) is 26.9. The number of allylic oxidation sites excluding steroid dienone is 5. The Labute approximate surface area is 236 Å². The average molecular weight is 546 g/mol. The quantitative estimate of drug-likeness (QED) is 0.254. The molecule has 4 rings (SSSR count). The number of hydrogen-bond donors (Lipinski definition) is 0. The zero-order valence-electron chi connectivity index (χ0n) is 21.8. The van der Waals surface area contributed by atoms with Crippen molar-refractivity contribution in [3.8, 4) is 0 Å². The minimum Gasteiger partial charge on any atom is -0.340 e. The monoisotopic (exact) mass is 544 g/mol. The molecular formula is C33H34Cl2N2O. The molecule has 38 heavy (non-hydrogen) atoms. The van der Waals surface area contributed by atoms with E-state index in [9.17, 15) is 4.79 Å². The van der Waals surface area contributed by atoms with Crippen molar-refractivity contribution in [3.05, 3.63) is 142 Å². The van der Waals surface area contributed by atoms with Gasteiger partial charge >= 0.3 is 0 Å². The molecule has 0 radical (unpaired) electrons. The van der Waals surface area contributed by atoms with Gasteiger partial charge in [0, 0.05) is 48.6 Å². The smallest absolute Gasteiger partial charge is 0.223 e. The van der Waals surface area contributed by atoms with E-state index in [1.54, 1.807) is 6.07 Å². The van der Waals surface area contributed by atoms with E-state index in [0.29, 0.717) is 29.6 Å². The molecule has 0 saturated carbocycles. The highest BCUT2D eigenvalue weighted by Gasteiger charge is 2.30. The van der Waals surface area contributed by atoms with E-state index in [1.807, 2.05) is 66.4 Å². The van der Waals surface area contributed by atoms with Crippen molar-refractivity contribution in [2.24, 2.45) is 0 Å². The van der Waals surface area contributed by atoms with Crippen molar-refractivity contribution < 1.29 is 4.79 Å². The number of halogens is 2. The van der Waals surface area contributed by atoms with Crippen LogP contribution in [-0.4, -0.2) is 41.9 Å². The first-order valence-electron chi connectivity index (χ1n) is 13.0. The van der Waals surface area contributed by atoms with Gasteiger partial charge in [0.25, 0.3) is 0 Å². The van der Waals surface area contributed by atoms with Gasteiger partial charge in [0.05, 0.1) is 6.04 Å². The van der Waals surface area contributed by atoms with Crippen LogP contribution in [0, 0.1) is 0 Å². The number of carbonyl (C=O) groups excluding carboxylic acids is 1. The summed E-state index contributed by atoms with van der Waals surface area (Å²) in [6.07, 6.45) is 8.32. The van der Waals surface area contributed by atoms with Crippen LogP contribution in [0.3, 0.4) is 0 Å². The summed E-state index contributed by atoms with van der Waals surface area (Å²) in [5, 5.41) is 1.25. The molecule has 0 aromatic heterocycles. The highest BCUT2D eigenvalue weighted by Crippen LogP contribution is 2.34. The second-order valence-electron chi connectivity index (χ2n) is 9.50. The van der Waals surface area contributed by atoms with Gasteiger partial charge in [-0.25, -0.2) is 0 Å². The summed E-state index contributed by atoms with van der Waals surface area (Å²) in [5.41, 5.74) is 4.40. The number of carbonyl (C=O) groups is 1. The van der Waals surface area contributed by atoms with E-state index in [1.165, 1.54) is 5.56 Å². The van der Waals surface area contributed by atoms with Gasteiger partial charge in [-0.1, -0.05) is 115 Å². The Morgan fingerprint density at radius 1 is 0.868 bits per heavy atom. The van der Waals surface area contributed by atoms with Gasteiger partial charge in [0.2, 0.25) is 5.91 Å². The van der Waals surface area contributed by atoms with Crippen LogP contribution in [-0.2, 0) is 4.79 Å². The first kappa shape index (κ1) is 27.9. The molecule has 5 heteroatoms. The molecule has 3 aromatic carbocycles. The van der Waals surface area contributed by atoms with Crippen LogP contribution in [0.2, 0.25) is 10.0 Å². The topological polar surface area (TPSA) is 23.6 Å². The van der Waals surface area contributed by atoms with Crippen molar-refractivity contribution in [2.75, 3.05) is 26.2 Å². The number of benzene rings is 3. The maximum atomic E-state index is 13.6. The van der Waals surface area contributed by atoms with Crippen LogP contribution in [0.5, 0.6) is 0 Å². The van der Waals surface area contributed by atoms with Gasteiger partial charge in [0.15, 0.2) is 0 Å². The fraction of sp³-hybridized carbons (Fsp3) is 0.242. The Bertz CT molecular complexity index is 1260. The van der Waals surface area contributed by atoms with Crippen molar-refractivity contribution in [2.45, 2.75) is 25.3 Å². The number of amides is 1. The largest absolute Gasteiger partial charge is 0.340 e. The van der Waals surface area contributed by atoms with Crippen LogP contribution in [0.15, 0.2) is 115 Å². The second-order valence-corrected chi connectivity index (χ2v) is 10.4. The molecule has 1 aliphatic rings. The van der Waals surface area contributed by atoms with Crippen LogP contribution in [0.1, 0.15) is 42.0 Å². The van der Waals surface area contributed by atoms with E-state index in [0.717, 1.165) is 29.8 Å². The van der Waals surface area contributed by atoms with Gasteiger partial charge in [-0.15, -0.1) is 0 Å². The third-order valence-electron chi connectivity index (χ3n) is 7.05. The summed E-state index contributed by atoms with van der Waals surface area (Å²) in [6.45, 7) is 8.86. The lowest BCUT2D eigenvalue weighted by Gasteiger charge is -2.40. The molecule has 0 aliphatic carbocycles. The molecule has 0 N–H and O–H groups in total. The summed E-state index contributed by atoms with van der Waals surface area (Å²) in [4.78, 5) is 18.0. The van der Waals surface area contributed by atoms with Crippen molar-refractivity contribution >= 4 is 29.1 Å². The lowest BCUT2D eigenvalue weighted by atomic mass is 9.87. The Hall–Kier alpha value is -3.11. The van der Waals surface area contributed by atoms with Crippen molar-refractivity contribution in [1.29, 1.82) is 0 Å². The minimum absolute atomic E-state index is 0.0119. The van der Waals surface area contributed by atoms with Gasteiger partial charge < -0.3 is 4.90 Å². The summed E-state index contributed by atoms with van der Waals surface area (Å²) in [5.74, 6) is 0.120. The van der Waals surface area contributed by atoms with Crippen LogP contribution in [0.4, 0.5) is 0 Å². The molecule has 3 nitrogen and oxygen atoms in total. The fourth-order valence-corrected chi connectivity index (χ4v) is 5.71. The summed E-state index contributed by atoms with van der Waals surface area (Å²) >= 11 is 12.8. The highest BCUT2D eigenvalue weighted by molar-refractivity contribution is 6.34. The average Bonchev–Trinajstić information content (AvgIpc) is 2.94. The van der Waals surface area contributed by atoms with Gasteiger partial charge in [0.1, 0.15) is 0 Å². The molecule has 0 spiro atoms. The molecule has 1 aliphatic heterocycles. The molecule has 2 unspecified atom stereocenters. The number of nitrogens with zero attached hydrogens (tertiary/aromatic N) is 2. The number of rotatable bonds is 9. The predicted molar refractivity (Wildman–Crippen MR) is 160 cm³/mol. The fourth-order valence-electron chi connectivity index (χ4n) is 5.16. The van der Waals surface area contributed by atoms with Gasteiger partial charge in [-0.05, 0) is 47.4 Å². The van der Waals surface area contributed by atoms with E-state index in [4.69, 9.17) is 23.2 Å². The summed E-state index contributed by atoms with van der Waals surface area (Å²) in [6, 6.07) is 26.4. The normalized spacial score (nSPS) is 16.4. The molecule has 1 heterocycles. The molecular weight excluding hydrogens is 511 g/mol. The SMILES string of the molecule is C=C/C(=C\C=C/C)C(CC(=O)N1CCN(C(c2ccccc2)c2cc(Cl)cc(Cl)c2)CC1)c1ccccc1. The molecule has 1 saturated heterocycles. The van der Waals surface area contributed by atoms with E-state index >= 15 is 0 Å². The van der Waals surface area contributed by atoms with Gasteiger partial charge in [-0.2, -0.15) is 0 Å². The highest BCUT2D eigenvalue weighted by atomic mass is 35.5. The molecule has 2 atom stereocenters. The minimum atomic E-state index is -0.0406. The number of hydrogen-bond acceptors (Lipinski definition) is 2. The van der Waals surface area contributed by atoms with E-state index in [-0.39, 0.29) is 17.9 Å². The van der Waals surface area contributed by atoms with Crippen LogP contribution >= 0.6 is 23.2 Å². The van der Waals surface area contributed by atoms with Crippen molar-refractivity contribution in [1.82, 2.24) is 9.80 Å². The third-order valence-corrected chi connectivity index (χ3v) is 7.48. The van der Waals surface area contributed by atoms with E-state index in [2.05, 4.69) is 54.0 Å². The lowest BCUT2D eigenvalue weighted by Crippen LogP contribution is -2.50. The Kier molecular flexibility index (Phi) is 10.0. The first-order chi connectivity index (χ1) is 18.5. The lowest BCUT2D eigenvalue weighted by molar-refractivity contribution is -0.133. The maximum absolute atomic E-state index is 13.6. The van der Waals surface area contributed by atoms with Crippen molar-refractivity contribution in [3.63, 3.8) is 0 Å². The standard InChI is InChI=1S/C33H34Cl2N2O/c1-3-5-12-25(4-2)31(26-13-8-6-9-14-26)24-32(38)36-17-19-37(20-18-36)33(27-15-10-7-11-16-27)28-21-29(34)23-30(35)22-28/h3-16,21-23,31,33H,2,17-20,24H2,1H3/b5-3-,25-12+. The summed E-state index contributed by atoms with van der Waals surface area (Å²) in [7, 11) is 0. The van der Waals surface area contributed by atoms with E-state index < -0.39 is 0 Å². The Balaban J connectivity index is 1.51. The molecule has 0 bridgehead atoms. The van der Waals surface area contributed by atoms with Crippen LogP contribution < -0.4 is 0 Å². The zero-order valence-corrected chi connectivity index (χ0v) is 23.3.